The largest absolute Gasteiger partial charge is 0.478 e. The highest BCUT2D eigenvalue weighted by molar-refractivity contribution is 6.38. The van der Waals surface area contributed by atoms with Crippen LogP contribution in [-0.2, 0) is 6.18 Å². The lowest BCUT2D eigenvalue weighted by Gasteiger charge is -2.12. The van der Waals surface area contributed by atoms with Gasteiger partial charge in [-0.1, -0.05) is 35.3 Å². The van der Waals surface area contributed by atoms with Gasteiger partial charge < -0.3 is 9.52 Å². The van der Waals surface area contributed by atoms with Gasteiger partial charge in [0.05, 0.1) is 21.7 Å². The molecule has 9 heteroatoms. The standard InChI is InChI=1S/C19H8Cl2F3NO3/c20-9-4-8-5-15(28-17(8)13(21)6-9)14-7-11(18(26)27)10-2-1-3-12(16(10)25-14)19(22,23)24/h1-7H,(H,26,27). The summed E-state index contributed by atoms with van der Waals surface area (Å²) in [5.41, 5.74) is -1.63. The molecule has 0 aliphatic carbocycles. The second-order valence-corrected chi connectivity index (χ2v) is 6.82. The number of carboxylic acids is 1. The van der Waals surface area contributed by atoms with Crippen molar-refractivity contribution >= 4 is 51.0 Å². The van der Waals surface area contributed by atoms with Crippen molar-refractivity contribution in [3.05, 3.63) is 63.6 Å². The van der Waals surface area contributed by atoms with Crippen LogP contribution in [0.2, 0.25) is 10.0 Å². The Morgan fingerprint density at radius 3 is 2.54 bits per heavy atom. The number of furan rings is 1. The Morgan fingerprint density at radius 1 is 1.11 bits per heavy atom. The molecule has 0 aliphatic heterocycles. The molecule has 1 N–H and O–H groups in total. The van der Waals surface area contributed by atoms with Crippen molar-refractivity contribution < 1.29 is 27.5 Å². The Hall–Kier alpha value is -2.77. The summed E-state index contributed by atoms with van der Waals surface area (Å²) < 4.78 is 45.8. The van der Waals surface area contributed by atoms with E-state index in [-0.39, 0.29) is 33.0 Å². The number of carboxylic acid groups (broad SMARTS) is 1. The van der Waals surface area contributed by atoms with Crippen LogP contribution in [0.1, 0.15) is 15.9 Å². The minimum atomic E-state index is -4.70. The number of nitrogens with zero attached hydrogens (tertiary/aromatic N) is 1. The Labute approximate surface area is 165 Å². The first-order valence-corrected chi connectivity index (χ1v) is 8.54. The van der Waals surface area contributed by atoms with E-state index in [4.69, 9.17) is 27.6 Å². The van der Waals surface area contributed by atoms with Gasteiger partial charge in [0.1, 0.15) is 5.69 Å². The number of para-hydroxylation sites is 1. The molecule has 4 rings (SSSR count). The average Bonchev–Trinajstić information content (AvgIpc) is 3.03. The topological polar surface area (TPSA) is 63.3 Å². The van der Waals surface area contributed by atoms with Crippen LogP contribution in [0.4, 0.5) is 13.2 Å². The van der Waals surface area contributed by atoms with Crippen molar-refractivity contribution in [2.45, 2.75) is 6.18 Å². The molecule has 0 spiro atoms. The smallest absolute Gasteiger partial charge is 0.418 e. The van der Waals surface area contributed by atoms with E-state index in [9.17, 15) is 23.1 Å². The number of aromatic carboxylic acids is 1. The number of fused-ring (bicyclic) bond motifs is 2. The van der Waals surface area contributed by atoms with E-state index in [1.54, 1.807) is 6.07 Å². The molecule has 0 amide bonds. The zero-order chi connectivity index (χ0) is 20.2. The van der Waals surface area contributed by atoms with Gasteiger partial charge in [-0.2, -0.15) is 13.2 Å². The fraction of sp³-hybridized carbons (Fsp3) is 0.0526. The molecule has 0 saturated carbocycles. The number of rotatable bonds is 2. The lowest BCUT2D eigenvalue weighted by Crippen LogP contribution is -2.09. The van der Waals surface area contributed by atoms with Crippen LogP contribution in [0.15, 0.2) is 46.9 Å². The van der Waals surface area contributed by atoms with E-state index in [1.165, 1.54) is 18.2 Å². The van der Waals surface area contributed by atoms with Gasteiger partial charge in [-0.05, 0) is 30.3 Å². The van der Waals surface area contributed by atoms with Gasteiger partial charge in [0.15, 0.2) is 11.3 Å². The first-order valence-electron chi connectivity index (χ1n) is 7.78. The minimum Gasteiger partial charge on any atom is -0.478 e. The lowest BCUT2D eigenvalue weighted by atomic mass is 10.0. The number of hydrogen-bond acceptors (Lipinski definition) is 3. The Balaban J connectivity index is 2.05. The fourth-order valence-corrected chi connectivity index (χ4v) is 3.53. The van der Waals surface area contributed by atoms with Crippen LogP contribution in [0, 0.1) is 0 Å². The molecule has 0 unspecified atom stereocenters. The van der Waals surface area contributed by atoms with Crippen molar-refractivity contribution in [3.8, 4) is 11.5 Å². The lowest BCUT2D eigenvalue weighted by molar-refractivity contribution is -0.136. The van der Waals surface area contributed by atoms with Gasteiger partial charge in [-0.15, -0.1) is 0 Å². The van der Waals surface area contributed by atoms with E-state index in [0.29, 0.717) is 10.4 Å². The van der Waals surface area contributed by atoms with Gasteiger partial charge in [-0.25, -0.2) is 9.78 Å². The molecule has 2 aromatic heterocycles. The molecule has 2 aromatic carbocycles. The van der Waals surface area contributed by atoms with E-state index in [2.05, 4.69) is 4.98 Å². The third-order valence-electron chi connectivity index (χ3n) is 4.16. The number of benzene rings is 2. The highest BCUT2D eigenvalue weighted by Gasteiger charge is 2.34. The molecule has 0 radical (unpaired) electrons. The molecular formula is C19H8Cl2F3NO3. The van der Waals surface area contributed by atoms with Crippen LogP contribution < -0.4 is 0 Å². The Bertz CT molecular complexity index is 1260. The molecule has 0 bridgehead atoms. The van der Waals surface area contributed by atoms with Gasteiger partial charge in [0.25, 0.3) is 0 Å². The Kier molecular flexibility index (Phi) is 4.24. The van der Waals surface area contributed by atoms with Crippen molar-refractivity contribution in [2.24, 2.45) is 0 Å². The second-order valence-electron chi connectivity index (χ2n) is 5.98. The van der Waals surface area contributed by atoms with E-state index in [1.807, 2.05) is 0 Å². The zero-order valence-corrected chi connectivity index (χ0v) is 15.2. The summed E-state index contributed by atoms with van der Waals surface area (Å²) in [6.45, 7) is 0. The zero-order valence-electron chi connectivity index (χ0n) is 13.6. The maximum Gasteiger partial charge on any atom is 0.418 e. The highest BCUT2D eigenvalue weighted by Crippen LogP contribution is 2.38. The third-order valence-corrected chi connectivity index (χ3v) is 4.66. The minimum absolute atomic E-state index is 0.0648. The van der Waals surface area contributed by atoms with Gasteiger partial charge in [0, 0.05) is 15.8 Å². The number of hydrogen-bond donors (Lipinski definition) is 1. The molecule has 28 heavy (non-hydrogen) atoms. The summed E-state index contributed by atoms with van der Waals surface area (Å²) in [5.74, 6) is -1.31. The molecular weight excluding hydrogens is 418 g/mol. The second kappa shape index (κ2) is 6.39. The average molecular weight is 426 g/mol. The molecule has 2 heterocycles. The first kappa shape index (κ1) is 18.6. The first-order chi connectivity index (χ1) is 13.1. The van der Waals surface area contributed by atoms with Crippen LogP contribution in [0.5, 0.6) is 0 Å². The summed E-state index contributed by atoms with van der Waals surface area (Å²) in [6.07, 6.45) is -4.70. The molecule has 142 valence electrons. The predicted octanol–water partition coefficient (Wildman–Crippen LogP) is 6.67. The number of aromatic nitrogens is 1. The SMILES string of the molecule is O=C(O)c1cc(-c2cc3cc(Cl)cc(Cl)c3o2)nc2c(C(F)(F)F)cccc12. The monoisotopic (exact) mass is 425 g/mol. The van der Waals surface area contributed by atoms with Crippen LogP contribution in [0.25, 0.3) is 33.3 Å². The predicted molar refractivity (Wildman–Crippen MR) is 98.9 cm³/mol. The quantitative estimate of drug-likeness (QED) is 0.389. The maximum absolute atomic E-state index is 13.4. The van der Waals surface area contributed by atoms with Crippen molar-refractivity contribution in [3.63, 3.8) is 0 Å². The van der Waals surface area contributed by atoms with Gasteiger partial charge in [-0.3, -0.25) is 0 Å². The summed E-state index contributed by atoms with van der Waals surface area (Å²) in [6, 6.07) is 8.94. The molecule has 0 saturated heterocycles. The normalized spacial score (nSPS) is 12.0. The molecule has 4 nitrogen and oxygen atoms in total. The summed E-state index contributed by atoms with van der Waals surface area (Å²) >= 11 is 12.0. The van der Waals surface area contributed by atoms with Crippen molar-refractivity contribution in [1.82, 2.24) is 4.98 Å². The molecule has 0 aliphatic rings. The van der Waals surface area contributed by atoms with Crippen LogP contribution >= 0.6 is 23.2 Å². The maximum atomic E-state index is 13.4. The summed E-state index contributed by atoms with van der Waals surface area (Å²) in [4.78, 5) is 15.7. The van der Waals surface area contributed by atoms with E-state index >= 15 is 0 Å². The van der Waals surface area contributed by atoms with Crippen molar-refractivity contribution in [1.29, 1.82) is 0 Å². The summed E-state index contributed by atoms with van der Waals surface area (Å²) in [7, 11) is 0. The highest BCUT2D eigenvalue weighted by atomic mass is 35.5. The fourth-order valence-electron chi connectivity index (χ4n) is 2.98. The number of alkyl halides is 3. The molecule has 0 atom stereocenters. The van der Waals surface area contributed by atoms with E-state index in [0.717, 1.165) is 18.2 Å². The molecule has 0 fully saturated rings. The summed E-state index contributed by atoms with van der Waals surface area (Å²) in [5, 5.41) is 10.4. The third kappa shape index (κ3) is 3.06. The number of halogens is 5. The van der Waals surface area contributed by atoms with E-state index < -0.39 is 23.2 Å². The van der Waals surface area contributed by atoms with Crippen molar-refractivity contribution in [2.75, 3.05) is 0 Å². The van der Waals surface area contributed by atoms with Crippen LogP contribution in [0.3, 0.4) is 0 Å². The van der Waals surface area contributed by atoms with Gasteiger partial charge >= 0.3 is 12.1 Å². The van der Waals surface area contributed by atoms with Crippen LogP contribution in [-0.4, -0.2) is 16.1 Å². The number of carbonyl (C=O) groups is 1. The molecule has 4 aromatic rings. The van der Waals surface area contributed by atoms with Gasteiger partial charge in [0.2, 0.25) is 0 Å². The Morgan fingerprint density at radius 2 is 1.86 bits per heavy atom. The number of pyridine rings is 1.